The zero-order chi connectivity index (χ0) is 25.6. The molecule has 6 heteroatoms. The van der Waals surface area contributed by atoms with Crippen molar-refractivity contribution in [3.05, 3.63) is 131 Å². The van der Waals surface area contributed by atoms with Gasteiger partial charge in [0.05, 0.1) is 12.0 Å². The lowest BCUT2D eigenvalue weighted by atomic mass is 9.85. The first kappa shape index (κ1) is 24.5. The second-order valence-electron chi connectivity index (χ2n) is 9.13. The van der Waals surface area contributed by atoms with Crippen molar-refractivity contribution in [3.63, 3.8) is 0 Å². The Balaban J connectivity index is 1.33. The Morgan fingerprint density at radius 2 is 1.46 bits per heavy atom. The van der Waals surface area contributed by atoms with Crippen LogP contribution in [0.4, 0.5) is 14.5 Å². The average molecular weight is 500 g/mol. The Morgan fingerprint density at radius 1 is 0.811 bits per heavy atom. The molecule has 3 atom stereocenters. The van der Waals surface area contributed by atoms with Gasteiger partial charge in [0.1, 0.15) is 30.1 Å². The lowest BCUT2D eigenvalue weighted by Crippen LogP contribution is -2.34. The average Bonchev–Trinajstić information content (AvgIpc) is 2.93. The zero-order valence-electron chi connectivity index (χ0n) is 20.1. The van der Waals surface area contributed by atoms with Crippen LogP contribution in [-0.2, 0) is 16.1 Å². The molecule has 5 rings (SSSR count). The minimum absolute atomic E-state index is 0.329. The highest BCUT2D eigenvalue weighted by Crippen LogP contribution is 2.39. The fourth-order valence-corrected chi connectivity index (χ4v) is 4.60. The van der Waals surface area contributed by atoms with E-state index in [1.54, 1.807) is 24.3 Å². The van der Waals surface area contributed by atoms with Crippen molar-refractivity contribution in [1.82, 2.24) is 0 Å². The van der Waals surface area contributed by atoms with E-state index in [1.807, 2.05) is 54.6 Å². The fraction of sp³-hybridized carbons (Fsp3) is 0.194. The molecule has 37 heavy (non-hydrogen) atoms. The molecule has 0 radical (unpaired) electrons. The number of halogens is 2. The Hall–Kier alpha value is -4.19. The van der Waals surface area contributed by atoms with Gasteiger partial charge >= 0.3 is 5.97 Å². The van der Waals surface area contributed by atoms with Crippen LogP contribution in [0.15, 0.2) is 103 Å². The quantitative estimate of drug-likeness (QED) is 0.257. The molecule has 4 aromatic carbocycles. The standard InChI is InChI=1S/C31H27F2NO3/c32-24-10-6-22(7-11-24)29-19-18-28(31(35)37-29)30(34-26-14-12-25(33)13-15-26)23-8-16-27(17-9-23)36-20-21-4-2-1-3-5-21/h1-17,28-30,34H,18-20H2/t28?,29-,30?/m1/s1. The molecule has 0 spiro atoms. The number of ether oxygens (including phenoxy) is 2. The van der Waals surface area contributed by atoms with Gasteiger partial charge in [0.25, 0.3) is 0 Å². The van der Waals surface area contributed by atoms with Crippen molar-refractivity contribution in [3.8, 4) is 5.75 Å². The monoisotopic (exact) mass is 499 g/mol. The van der Waals surface area contributed by atoms with E-state index in [9.17, 15) is 13.6 Å². The Labute approximate surface area is 214 Å². The van der Waals surface area contributed by atoms with Crippen molar-refractivity contribution in [2.75, 3.05) is 5.32 Å². The highest BCUT2D eigenvalue weighted by Gasteiger charge is 2.37. The third-order valence-electron chi connectivity index (χ3n) is 6.60. The molecular weight excluding hydrogens is 472 g/mol. The maximum absolute atomic E-state index is 13.5. The van der Waals surface area contributed by atoms with Gasteiger partial charge in [-0.05, 0) is 78.1 Å². The molecule has 4 nitrogen and oxygen atoms in total. The molecule has 1 N–H and O–H groups in total. The number of anilines is 1. The zero-order valence-corrected chi connectivity index (χ0v) is 20.1. The van der Waals surface area contributed by atoms with Crippen molar-refractivity contribution in [2.45, 2.75) is 31.6 Å². The predicted molar refractivity (Wildman–Crippen MR) is 138 cm³/mol. The van der Waals surface area contributed by atoms with Gasteiger partial charge in [0, 0.05) is 5.69 Å². The molecule has 0 aromatic heterocycles. The lowest BCUT2D eigenvalue weighted by molar-refractivity contribution is -0.161. The van der Waals surface area contributed by atoms with E-state index < -0.39 is 18.1 Å². The second-order valence-corrected chi connectivity index (χ2v) is 9.13. The van der Waals surface area contributed by atoms with Crippen molar-refractivity contribution in [1.29, 1.82) is 0 Å². The van der Waals surface area contributed by atoms with E-state index in [2.05, 4.69) is 5.32 Å². The van der Waals surface area contributed by atoms with E-state index in [1.165, 1.54) is 24.3 Å². The highest BCUT2D eigenvalue weighted by atomic mass is 19.1. The van der Waals surface area contributed by atoms with Crippen LogP contribution in [0.2, 0.25) is 0 Å². The Kier molecular flexibility index (Phi) is 7.45. The Morgan fingerprint density at radius 3 is 2.11 bits per heavy atom. The minimum Gasteiger partial charge on any atom is -0.489 e. The molecule has 4 aromatic rings. The maximum Gasteiger partial charge on any atom is 0.311 e. The third kappa shape index (κ3) is 6.15. The summed E-state index contributed by atoms with van der Waals surface area (Å²) in [7, 11) is 0. The van der Waals surface area contributed by atoms with Crippen LogP contribution >= 0.6 is 0 Å². The van der Waals surface area contributed by atoms with E-state index in [0.29, 0.717) is 25.1 Å². The molecule has 0 bridgehead atoms. The first-order valence-electron chi connectivity index (χ1n) is 12.3. The smallest absolute Gasteiger partial charge is 0.311 e. The van der Waals surface area contributed by atoms with Crippen LogP contribution in [0.5, 0.6) is 5.75 Å². The first-order valence-corrected chi connectivity index (χ1v) is 12.3. The van der Waals surface area contributed by atoms with Crippen LogP contribution in [0.3, 0.4) is 0 Å². The van der Waals surface area contributed by atoms with Crippen LogP contribution < -0.4 is 10.1 Å². The third-order valence-corrected chi connectivity index (χ3v) is 6.60. The molecule has 0 saturated carbocycles. The molecule has 1 aliphatic heterocycles. The summed E-state index contributed by atoms with van der Waals surface area (Å²) in [4.78, 5) is 13.2. The largest absolute Gasteiger partial charge is 0.489 e. The molecule has 1 aliphatic rings. The summed E-state index contributed by atoms with van der Waals surface area (Å²) in [5.41, 5.74) is 3.43. The van der Waals surface area contributed by atoms with Crippen molar-refractivity contribution < 1.29 is 23.0 Å². The summed E-state index contributed by atoms with van der Waals surface area (Å²) in [5, 5.41) is 3.40. The number of rotatable bonds is 8. The number of hydrogen-bond donors (Lipinski definition) is 1. The lowest BCUT2D eigenvalue weighted by Gasteiger charge is -2.34. The van der Waals surface area contributed by atoms with Crippen LogP contribution in [-0.4, -0.2) is 5.97 Å². The second kappa shape index (κ2) is 11.2. The summed E-state index contributed by atoms with van der Waals surface area (Å²) >= 11 is 0. The number of benzene rings is 4. The molecule has 0 aliphatic carbocycles. The topological polar surface area (TPSA) is 47.6 Å². The van der Waals surface area contributed by atoms with Gasteiger partial charge in [0.15, 0.2) is 0 Å². The molecule has 1 fully saturated rings. The predicted octanol–water partition coefficient (Wildman–Crippen LogP) is 7.39. The molecular formula is C31H27F2NO3. The van der Waals surface area contributed by atoms with Gasteiger partial charge < -0.3 is 14.8 Å². The van der Waals surface area contributed by atoms with Gasteiger partial charge in [-0.25, -0.2) is 8.78 Å². The van der Waals surface area contributed by atoms with Gasteiger partial charge in [-0.2, -0.15) is 0 Å². The number of hydrogen-bond acceptors (Lipinski definition) is 4. The number of nitrogens with one attached hydrogen (secondary N) is 1. The number of carbonyl (C=O) groups is 1. The van der Waals surface area contributed by atoms with Gasteiger partial charge in [-0.15, -0.1) is 0 Å². The first-order chi connectivity index (χ1) is 18.0. The molecule has 1 heterocycles. The summed E-state index contributed by atoms with van der Waals surface area (Å²) in [6.45, 7) is 0.456. The van der Waals surface area contributed by atoms with E-state index in [-0.39, 0.29) is 17.6 Å². The van der Waals surface area contributed by atoms with E-state index >= 15 is 0 Å². The fourth-order valence-electron chi connectivity index (χ4n) is 4.60. The normalized spacial score (nSPS) is 18.1. The summed E-state index contributed by atoms with van der Waals surface area (Å²) in [5.74, 6) is -0.733. The van der Waals surface area contributed by atoms with Crippen LogP contribution in [0.1, 0.15) is 41.7 Å². The highest BCUT2D eigenvalue weighted by molar-refractivity contribution is 5.75. The number of esters is 1. The summed E-state index contributed by atoms with van der Waals surface area (Å²) < 4.78 is 38.6. The van der Waals surface area contributed by atoms with Crippen LogP contribution in [0.25, 0.3) is 0 Å². The maximum atomic E-state index is 13.5. The van der Waals surface area contributed by atoms with Crippen LogP contribution in [0, 0.1) is 17.6 Å². The van der Waals surface area contributed by atoms with E-state index in [4.69, 9.17) is 9.47 Å². The molecule has 188 valence electrons. The SMILES string of the molecule is O=C1O[C@@H](c2ccc(F)cc2)CCC1C(Nc1ccc(F)cc1)c1ccc(OCc2ccccc2)cc1. The van der Waals surface area contributed by atoms with Gasteiger partial charge in [-0.1, -0.05) is 54.6 Å². The molecule has 2 unspecified atom stereocenters. The summed E-state index contributed by atoms with van der Waals surface area (Å²) in [6, 6.07) is 29.2. The van der Waals surface area contributed by atoms with Crippen molar-refractivity contribution in [2.24, 2.45) is 5.92 Å². The summed E-state index contributed by atoms with van der Waals surface area (Å²) in [6.07, 6.45) is 0.776. The van der Waals surface area contributed by atoms with Gasteiger partial charge in [-0.3, -0.25) is 4.79 Å². The van der Waals surface area contributed by atoms with Crippen molar-refractivity contribution >= 4 is 11.7 Å². The van der Waals surface area contributed by atoms with Gasteiger partial charge in [0.2, 0.25) is 0 Å². The van der Waals surface area contributed by atoms with E-state index in [0.717, 1.165) is 22.4 Å². The number of carbonyl (C=O) groups excluding carboxylic acids is 1. The minimum atomic E-state index is -0.460. The number of cyclic esters (lactones) is 1. The Bertz CT molecular complexity index is 1310. The molecule has 0 amide bonds. The molecule has 1 saturated heterocycles.